The smallest absolute Gasteiger partial charge is 0.263 e. The van der Waals surface area contributed by atoms with Gasteiger partial charge in [-0.05, 0) is 42.0 Å². The number of hydrogen-bond donors (Lipinski definition) is 0. The van der Waals surface area contributed by atoms with Crippen molar-refractivity contribution in [1.82, 2.24) is 0 Å². The van der Waals surface area contributed by atoms with Crippen LogP contribution in [-0.4, -0.2) is 5.91 Å². The Bertz CT molecular complexity index is 930. The summed E-state index contributed by atoms with van der Waals surface area (Å²) >= 11 is 5.95. The standard InChI is InChI=1S/C21H14ClNO/c22-16-12-10-15(11-13-16)14-19-18-8-4-5-9-20(18)23(21(19)24)17-6-2-1-3-7-17/h1-14H/b19-14+. The van der Waals surface area contributed by atoms with Gasteiger partial charge in [0.25, 0.3) is 5.91 Å². The molecule has 0 saturated carbocycles. The largest absolute Gasteiger partial charge is 0.276 e. The van der Waals surface area contributed by atoms with Crippen LogP contribution in [0.5, 0.6) is 0 Å². The highest BCUT2D eigenvalue weighted by Crippen LogP contribution is 2.41. The predicted molar refractivity (Wildman–Crippen MR) is 99.4 cm³/mol. The second-order valence-electron chi connectivity index (χ2n) is 5.60. The van der Waals surface area contributed by atoms with E-state index in [9.17, 15) is 4.79 Å². The third-order valence-corrected chi connectivity index (χ3v) is 4.32. The topological polar surface area (TPSA) is 20.3 Å². The van der Waals surface area contributed by atoms with Crippen LogP contribution in [0.15, 0.2) is 78.9 Å². The van der Waals surface area contributed by atoms with Crippen molar-refractivity contribution in [3.63, 3.8) is 0 Å². The number of carbonyl (C=O) groups excluding carboxylic acids is 1. The molecular weight excluding hydrogens is 318 g/mol. The van der Waals surface area contributed by atoms with Crippen LogP contribution in [-0.2, 0) is 4.79 Å². The van der Waals surface area contributed by atoms with Crippen LogP contribution in [0.2, 0.25) is 5.02 Å². The highest BCUT2D eigenvalue weighted by atomic mass is 35.5. The molecule has 4 rings (SSSR count). The van der Waals surface area contributed by atoms with Crippen LogP contribution in [0, 0.1) is 0 Å². The van der Waals surface area contributed by atoms with Crippen molar-refractivity contribution >= 4 is 40.5 Å². The second kappa shape index (κ2) is 5.99. The molecule has 0 saturated heterocycles. The Morgan fingerprint density at radius 2 is 1.46 bits per heavy atom. The molecule has 0 unspecified atom stereocenters. The van der Waals surface area contributed by atoms with E-state index in [1.54, 1.807) is 4.90 Å². The third-order valence-electron chi connectivity index (χ3n) is 4.06. The van der Waals surface area contributed by atoms with Gasteiger partial charge in [0, 0.05) is 16.3 Å². The minimum absolute atomic E-state index is 0.0163. The van der Waals surface area contributed by atoms with E-state index in [2.05, 4.69) is 0 Å². The average Bonchev–Trinajstić information content (AvgIpc) is 2.90. The molecule has 0 fully saturated rings. The lowest BCUT2D eigenvalue weighted by Gasteiger charge is -2.16. The highest BCUT2D eigenvalue weighted by Gasteiger charge is 2.32. The first-order chi connectivity index (χ1) is 11.7. The Balaban J connectivity index is 1.85. The van der Waals surface area contributed by atoms with E-state index in [4.69, 9.17) is 11.6 Å². The fourth-order valence-corrected chi connectivity index (χ4v) is 3.07. The van der Waals surface area contributed by atoms with Gasteiger partial charge in [0.1, 0.15) is 0 Å². The molecule has 0 aromatic heterocycles. The molecule has 2 nitrogen and oxygen atoms in total. The van der Waals surface area contributed by atoms with Gasteiger partial charge >= 0.3 is 0 Å². The van der Waals surface area contributed by atoms with Crippen LogP contribution in [0.1, 0.15) is 11.1 Å². The zero-order valence-electron chi connectivity index (χ0n) is 12.8. The summed E-state index contributed by atoms with van der Waals surface area (Å²) in [5.74, 6) is -0.0163. The number of nitrogens with zero attached hydrogens (tertiary/aromatic N) is 1. The lowest BCUT2D eigenvalue weighted by molar-refractivity contribution is -0.112. The van der Waals surface area contributed by atoms with Crippen LogP contribution in [0.3, 0.4) is 0 Å². The van der Waals surface area contributed by atoms with Gasteiger partial charge in [0.15, 0.2) is 0 Å². The van der Waals surface area contributed by atoms with Crippen LogP contribution in [0.4, 0.5) is 11.4 Å². The summed E-state index contributed by atoms with van der Waals surface area (Å²) in [4.78, 5) is 14.8. The summed E-state index contributed by atoms with van der Waals surface area (Å²) in [7, 11) is 0. The first kappa shape index (κ1) is 14.7. The fraction of sp³-hybridized carbons (Fsp3) is 0. The van der Waals surface area contributed by atoms with Crippen LogP contribution >= 0.6 is 11.6 Å². The number of carbonyl (C=O) groups is 1. The summed E-state index contributed by atoms with van der Waals surface area (Å²) in [6.45, 7) is 0. The van der Waals surface area contributed by atoms with Crippen molar-refractivity contribution in [2.24, 2.45) is 0 Å². The van der Waals surface area contributed by atoms with Gasteiger partial charge < -0.3 is 0 Å². The number of anilines is 2. The van der Waals surface area contributed by atoms with Gasteiger partial charge in [-0.1, -0.05) is 60.1 Å². The zero-order valence-corrected chi connectivity index (χ0v) is 13.6. The summed E-state index contributed by atoms with van der Waals surface area (Å²) in [5, 5.41) is 0.682. The number of halogens is 1. The number of para-hydroxylation sites is 2. The minimum atomic E-state index is -0.0163. The van der Waals surface area contributed by atoms with Gasteiger partial charge in [0.2, 0.25) is 0 Å². The van der Waals surface area contributed by atoms with E-state index in [-0.39, 0.29) is 5.91 Å². The van der Waals surface area contributed by atoms with Crippen LogP contribution in [0.25, 0.3) is 11.6 Å². The highest BCUT2D eigenvalue weighted by molar-refractivity contribution is 6.38. The van der Waals surface area contributed by atoms with Crippen LogP contribution < -0.4 is 4.90 Å². The number of benzene rings is 3. The van der Waals surface area contributed by atoms with E-state index < -0.39 is 0 Å². The lowest BCUT2D eigenvalue weighted by Crippen LogP contribution is -2.20. The number of fused-ring (bicyclic) bond motifs is 1. The maximum absolute atomic E-state index is 13.1. The molecule has 116 valence electrons. The van der Waals surface area contributed by atoms with E-state index in [0.29, 0.717) is 10.6 Å². The second-order valence-corrected chi connectivity index (χ2v) is 6.04. The van der Waals surface area contributed by atoms with Crippen molar-refractivity contribution in [3.05, 3.63) is 95.0 Å². The van der Waals surface area contributed by atoms with Gasteiger partial charge in [-0.3, -0.25) is 9.69 Å². The zero-order chi connectivity index (χ0) is 16.5. The van der Waals surface area contributed by atoms with Crippen molar-refractivity contribution in [1.29, 1.82) is 0 Å². The van der Waals surface area contributed by atoms with Gasteiger partial charge in [-0.2, -0.15) is 0 Å². The third kappa shape index (κ3) is 2.51. The molecule has 1 aliphatic rings. The maximum atomic E-state index is 13.1. The Hall–Kier alpha value is -2.84. The van der Waals surface area contributed by atoms with Gasteiger partial charge in [0.05, 0.1) is 11.3 Å². The minimum Gasteiger partial charge on any atom is -0.276 e. The molecule has 0 bridgehead atoms. The lowest BCUT2D eigenvalue weighted by atomic mass is 10.0. The average molecular weight is 332 g/mol. The van der Waals surface area contributed by atoms with Crippen molar-refractivity contribution in [2.75, 3.05) is 4.90 Å². The Morgan fingerprint density at radius 1 is 0.792 bits per heavy atom. The molecule has 0 atom stereocenters. The molecule has 0 radical (unpaired) electrons. The Kier molecular flexibility index (Phi) is 3.68. The molecule has 1 amide bonds. The summed E-state index contributed by atoms with van der Waals surface area (Å²) in [6.07, 6.45) is 1.92. The quantitative estimate of drug-likeness (QED) is 0.563. The first-order valence-electron chi connectivity index (χ1n) is 7.70. The van der Waals surface area contributed by atoms with E-state index >= 15 is 0 Å². The Morgan fingerprint density at radius 3 is 2.21 bits per heavy atom. The van der Waals surface area contributed by atoms with E-state index in [0.717, 1.165) is 22.5 Å². The van der Waals surface area contributed by atoms with Gasteiger partial charge in [-0.25, -0.2) is 0 Å². The van der Waals surface area contributed by atoms with Crippen molar-refractivity contribution in [2.45, 2.75) is 0 Å². The van der Waals surface area contributed by atoms with E-state index in [1.165, 1.54) is 0 Å². The summed E-state index contributed by atoms with van der Waals surface area (Å²) in [6, 6.07) is 25.1. The molecular formula is C21H14ClNO. The SMILES string of the molecule is O=C1/C(=C/c2ccc(Cl)cc2)c2ccccc2N1c1ccccc1. The number of hydrogen-bond acceptors (Lipinski definition) is 1. The molecule has 0 N–H and O–H groups in total. The monoisotopic (exact) mass is 331 g/mol. The number of amides is 1. The Labute approximate surface area is 145 Å². The molecule has 3 heteroatoms. The van der Waals surface area contributed by atoms with Gasteiger partial charge in [-0.15, -0.1) is 0 Å². The maximum Gasteiger partial charge on any atom is 0.263 e. The normalized spacial score (nSPS) is 15.0. The summed E-state index contributed by atoms with van der Waals surface area (Å²) in [5.41, 5.74) is 4.37. The fourth-order valence-electron chi connectivity index (χ4n) is 2.94. The first-order valence-corrected chi connectivity index (χ1v) is 8.08. The van der Waals surface area contributed by atoms with E-state index in [1.807, 2.05) is 84.9 Å². The number of rotatable bonds is 2. The predicted octanol–water partition coefficient (Wildman–Crippen LogP) is 5.56. The summed E-state index contributed by atoms with van der Waals surface area (Å²) < 4.78 is 0. The molecule has 3 aromatic carbocycles. The molecule has 1 aliphatic heterocycles. The molecule has 1 heterocycles. The molecule has 3 aromatic rings. The molecule has 0 aliphatic carbocycles. The molecule has 0 spiro atoms. The molecule has 24 heavy (non-hydrogen) atoms. The van der Waals surface area contributed by atoms with Crippen molar-refractivity contribution in [3.8, 4) is 0 Å². The van der Waals surface area contributed by atoms with Crippen molar-refractivity contribution < 1.29 is 4.79 Å².